The van der Waals surface area contributed by atoms with Crippen LogP contribution >= 0.6 is 7.60 Å². The summed E-state index contributed by atoms with van der Waals surface area (Å²) in [7, 11) is -3.68. The normalized spacial score (nSPS) is 25.6. The van der Waals surface area contributed by atoms with E-state index in [2.05, 4.69) is 0 Å². The number of hydrogen-bond acceptors (Lipinski definition) is 6. The number of rotatable bonds is 5. The molecule has 0 aliphatic carbocycles. The molecule has 0 aromatic rings. The average Bonchev–Trinajstić information content (AvgIpc) is 2.25. The largest absolute Gasteiger partial charge is 0.377 e. The number of hydrogen-bond donors (Lipinski definition) is 2. The van der Waals surface area contributed by atoms with Crippen molar-refractivity contribution in [2.45, 2.75) is 70.8 Å². The van der Waals surface area contributed by atoms with Crippen LogP contribution in [0, 0.1) is 0 Å². The van der Waals surface area contributed by atoms with E-state index >= 15 is 0 Å². The SMILES string of the molecule is CCOP(=O)(OCC)C1(O)CC(C)(C)N(O)C(C)(C)C1. The Morgan fingerprint density at radius 2 is 1.40 bits per heavy atom. The number of nitrogens with zero attached hydrogens (tertiary/aromatic N) is 1. The van der Waals surface area contributed by atoms with Crippen molar-refractivity contribution in [1.29, 1.82) is 0 Å². The fourth-order valence-electron chi connectivity index (χ4n) is 3.23. The molecule has 0 spiro atoms. The first-order chi connectivity index (χ1) is 8.94. The minimum absolute atomic E-state index is 0.108. The maximum atomic E-state index is 13.0. The quantitative estimate of drug-likeness (QED) is 0.760. The Morgan fingerprint density at radius 3 is 1.70 bits per heavy atom. The van der Waals surface area contributed by atoms with Crippen LogP contribution in [0.3, 0.4) is 0 Å². The molecule has 1 heterocycles. The van der Waals surface area contributed by atoms with Gasteiger partial charge in [0.05, 0.1) is 13.2 Å². The summed E-state index contributed by atoms with van der Waals surface area (Å²) >= 11 is 0. The Labute approximate surface area is 121 Å². The highest BCUT2D eigenvalue weighted by Gasteiger charge is 2.61. The standard InChI is InChI=1S/C13H28NO5P/c1-7-18-20(17,19-8-2)13(15)9-11(3,4)14(16)12(5,6)10-13/h15-16H,7-10H2,1-6H3. The molecule has 1 fully saturated rings. The molecule has 1 aliphatic rings. The molecule has 7 heteroatoms. The molecule has 6 nitrogen and oxygen atoms in total. The molecule has 0 amide bonds. The summed E-state index contributed by atoms with van der Waals surface area (Å²) in [6, 6.07) is 0. The first kappa shape index (κ1) is 18.1. The fraction of sp³-hybridized carbons (Fsp3) is 1.00. The average molecular weight is 309 g/mol. The van der Waals surface area contributed by atoms with Crippen molar-refractivity contribution in [3.8, 4) is 0 Å². The Bertz CT molecular complexity index is 368. The Balaban J connectivity index is 3.23. The lowest BCUT2D eigenvalue weighted by Crippen LogP contribution is -2.64. The molecule has 0 atom stereocenters. The summed E-state index contributed by atoms with van der Waals surface area (Å²) in [5.74, 6) is 0. The van der Waals surface area contributed by atoms with Crippen molar-refractivity contribution in [3.63, 3.8) is 0 Å². The monoisotopic (exact) mass is 309 g/mol. The van der Waals surface area contributed by atoms with E-state index in [0.29, 0.717) is 0 Å². The van der Waals surface area contributed by atoms with Crippen LogP contribution in [0.1, 0.15) is 54.4 Å². The lowest BCUT2D eigenvalue weighted by atomic mass is 9.80. The number of aliphatic hydroxyl groups is 1. The van der Waals surface area contributed by atoms with E-state index in [4.69, 9.17) is 9.05 Å². The van der Waals surface area contributed by atoms with E-state index in [9.17, 15) is 14.9 Å². The van der Waals surface area contributed by atoms with Crippen molar-refractivity contribution in [2.24, 2.45) is 0 Å². The van der Waals surface area contributed by atoms with E-state index in [-0.39, 0.29) is 26.1 Å². The van der Waals surface area contributed by atoms with Gasteiger partial charge in [-0.2, -0.15) is 5.06 Å². The van der Waals surface area contributed by atoms with E-state index < -0.39 is 24.0 Å². The van der Waals surface area contributed by atoms with Gasteiger partial charge in [0.15, 0.2) is 5.34 Å². The van der Waals surface area contributed by atoms with Gasteiger partial charge in [0.2, 0.25) is 0 Å². The molecule has 1 saturated heterocycles. The predicted octanol–water partition coefficient (Wildman–Crippen LogP) is 2.98. The zero-order valence-corrected chi connectivity index (χ0v) is 14.2. The molecule has 0 radical (unpaired) electrons. The summed E-state index contributed by atoms with van der Waals surface area (Å²) in [6.45, 7) is 11.0. The molecule has 0 aromatic heterocycles. The highest BCUT2D eigenvalue weighted by atomic mass is 31.2. The summed E-state index contributed by atoms with van der Waals surface area (Å²) in [4.78, 5) is 0. The zero-order chi connectivity index (χ0) is 15.8. The minimum Gasteiger partial charge on any atom is -0.377 e. The van der Waals surface area contributed by atoms with Gasteiger partial charge in [0, 0.05) is 23.9 Å². The van der Waals surface area contributed by atoms with Gasteiger partial charge in [0.25, 0.3) is 0 Å². The molecule has 0 aromatic carbocycles. The van der Waals surface area contributed by atoms with Crippen molar-refractivity contribution < 1.29 is 23.9 Å². The predicted molar refractivity (Wildman–Crippen MR) is 76.8 cm³/mol. The van der Waals surface area contributed by atoms with Crippen LogP contribution in [0.5, 0.6) is 0 Å². The van der Waals surface area contributed by atoms with Crippen LogP contribution in [-0.2, 0) is 13.6 Å². The van der Waals surface area contributed by atoms with Gasteiger partial charge in [0.1, 0.15) is 0 Å². The molecule has 2 N–H and O–H groups in total. The van der Waals surface area contributed by atoms with Crippen molar-refractivity contribution in [1.82, 2.24) is 5.06 Å². The number of hydroxylamine groups is 2. The van der Waals surface area contributed by atoms with Crippen molar-refractivity contribution in [2.75, 3.05) is 13.2 Å². The maximum absolute atomic E-state index is 13.0. The first-order valence-corrected chi connectivity index (χ1v) is 8.59. The Morgan fingerprint density at radius 1 is 1.05 bits per heavy atom. The molecule has 0 saturated carbocycles. The molecule has 20 heavy (non-hydrogen) atoms. The van der Waals surface area contributed by atoms with Gasteiger partial charge < -0.3 is 19.4 Å². The van der Waals surface area contributed by atoms with E-state index in [1.807, 2.05) is 0 Å². The topological polar surface area (TPSA) is 79.2 Å². The molecular formula is C13H28NO5P. The maximum Gasteiger partial charge on any atom is 0.362 e. The van der Waals surface area contributed by atoms with Gasteiger partial charge in [-0.25, -0.2) is 0 Å². The summed E-state index contributed by atoms with van der Waals surface area (Å²) in [6.07, 6.45) is 0.217. The summed E-state index contributed by atoms with van der Waals surface area (Å²) in [5, 5.41) is 20.9. The highest BCUT2D eigenvalue weighted by molar-refractivity contribution is 7.55. The second kappa shape index (κ2) is 5.67. The van der Waals surface area contributed by atoms with Crippen LogP contribution in [0.25, 0.3) is 0 Å². The van der Waals surface area contributed by atoms with Crippen molar-refractivity contribution >= 4 is 7.60 Å². The van der Waals surface area contributed by atoms with Crippen molar-refractivity contribution in [3.05, 3.63) is 0 Å². The van der Waals surface area contributed by atoms with Crippen LogP contribution in [0.2, 0.25) is 0 Å². The third-order valence-corrected chi connectivity index (χ3v) is 6.22. The molecule has 0 bridgehead atoms. The molecular weight excluding hydrogens is 281 g/mol. The van der Waals surface area contributed by atoms with Gasteiger partial charge in [-0.3, -0.25) is 4.57 Å². The fourth-order valence-corrected chi connectivity index (χ4v) is 5.62. The van der Waals surface area contributed by atoms with E-state index in [0.717, 1.165) is 0 Å². The van der Waals surface area contributed by atoms with Crippen LogP contribution < -0.4 is 0 Å². The van der Waals surface area contributed by atoms with E-state index in [1.54, 1.807) is 41.5 Å². The van der Waals surface area contributed by atoms with Gasteiger partial charge in [-0.1, -0.05) is 0 Å². The zero-order valence-electron chi connectivity index (χ0n) is 13.3. The second-order valence-electron chi connectivity index (χ2n) is 6.61. The van der Waals surface area contributed by atoms with E-state index in [1.165, 1.54) is 5.06 Å². The van der Waals surface area contributed by atoms with Gasteiger partial charge in [-0.15, -0.1) is 0 Å². The third kappa shape index (κ3) is 3.11. The minimum atomic E-state index is -3.68. The molecule has 120 valence electrons. The third-order valence-electron chi connectivity index (χ3n) is 3.69. The second-order valence-corrected chi connectivity index (χ2v) is 8.95. The lowest BCUT2D eigenvalue weighted by molar-refractivity contribution is -0.265. The van der Waals surface area contributed by atoms with Crippen LogP contribution in [-0.4, -0.2) is 45.0 Å². The Kier molecular flexibility index (Phi) is 5.13. The Hall–Kier alpha value is 0.0300. The molecule has 0 unspecified atom stereocenters. The van der Waals surface area contributed by atoms with Crippen LogP contribution in [0.4, 0.5) is 0 Å². The van der Waals surface area contributed by atoms with Gasteiger partial charge >= 0.3 is 7.60 Å². The lowest BCUT2D eigenvalue weighted by Gasteiger charge is -2.55. The summed E-state index contributed by atoms with van der Waals surface area (Å²) in [5.41, 5.74) is -1.47. The van der Waals surface area contributed by atoms with Crippen LogP contribution in [0.15, 0.2) is 0 Å². The molecule has 1 aliphatic heterocycles. The number of piperidine rings is 1. The molecule has 1 rings (SSSR count). The highest BCUT2D eigenvalue weighted by Crippen LogP contribution is 2.66. The van der Waals surface area contributed by atoms with Gasteiger partial charge in [-0.05, 0) is 41.5 Å². The summed E-state index contributed by atoms with van der Waals surface area (Å²) < 4.78 is 23.6. The first-order valence-electron chi connectivity index (χ1n) is 7.05. The smallest absolute Gasteiger partial charge is 0.362 e.